The molecule has 0 N–H and O–H groups in total. The topological polar surface area (TPSA) is 80.3 Å². The van der Waals surface area contributed by atoms with Gasteiger partial charge in [-0.3, -0.25) is 9.59 Å². The van der Waals surface area contributed by atoms with Crippen molar-refractivity contribution in [1.82, 2.24) is 0 Å². The Morgan fingerprint density at radius 3 is 2.34 bits per heavy atom. The lowest BCUT2D eigenvalue weighted by Gasteiger charge is -2.14. The van der Waals surface area contributed by atoms with Crippen LogP contribution in [-0.2, 0) is 0 Å². The largest absolute Gasteiger partial charge is 0.493 e. The first-order valence-electron chi connectivity index (χ1n) is 10.7. The van der Waals surface area contributed by atoms with Crippen LogP contribution in [0.15, 0.2) is 58.8 Å². The first kappa shape index (κ1) is 24.3. The average molecular weight is 539 g/mol. The van der Waals surface area contributed by atoms with Crippen LogP contribution >= 0.6 is 15.9 Å². The minimum atomic E-state index is -0.258. The van der Waals surface area contributed by atoms with Gasteiger partial charge in [0.1, 0.15) is 11.5 Å². The average Bonchev–Trinajstić information content (AvgIpc) is 3.17. The molecular formula is C27H23BrO7. The molecular weight excluding hydrogens is 516 g/mol. The van der Waals surface area contributed by atoms with Gasteiger partial charge >= 0.3 is 0 Å². The minimum absolute atomic E-state index is 0.136. The number of Topliss-reactive ketones (excluding diaryl/α,β-unsaturated/α-hetero) is 2. The van der Waals surface area contributed by atoms with E-state index >= 15 is 0 Å². The molecule has 0 unspecified atom stereocenters. The van der Waals surface area contributed by atoms with Gasteiger partial charge in [0.15, 0.2) is 29.6 Å². The Bertz CT molecular complexity index is 1330. The molecule has 3 aromatic rings. The zero-order valence-corrected chi connectivity index (χ0v) is 21.2. The van der Waals surface area contributed by atoms with Gasteiger partial charge < -0.3 is 23.7 Å². The van der Waals surface area contributed by atoms with Crippen molar-refractivity contribution >= 4 is 33.6 Å². The number of allylic oxidation sites excluding steroid dienone is 1. The van der Waals surface area contributed by atoms with E-state index in [-0.39, 0.29) is 23.9 Å². The molecule has 35 heavy (non-hydrogen) atoms. The van der Waals surface area contributed by atoms with E-state index in [1.165, 1.54) is 21.3 Å². The van der Waals surface area contributed by atoms with Crippen LogP contribution in [0, 0.1) is 6.92 Å². The normalized spacial score (nSPS) is 13.3. The van der Waals surface area contributed by atoms with E-state index in [9.17, 15) is 9.59 Å². The SMILES string of the molecule is COc1ccc(/C=C2\Oc3cc(OCC(=O)c4ccc(Br)cc4)cc(C)c3C2=O)c(OC)c1OC. The van der Waals surface area contributed by atoms with Gasteiger partial charge in [-0.1, -0.05) is 28.1 Å². The van der Waals surface area contributed by atoms with Crippen LogP contribution < -0.4 is 23.7 Å². The van der Waals surface area contributed by atoms with Crippen LogP contribution in [0.5, 0.6) is 28.7 Å². The minimum Gasteiger partial charge on any atom is -0.493 e. The van der Waals surface area contributed by atoms with E-state index in [2.05, 4.69) is 15.9 Å². The van der Waals surface area contributed by atoms with E-state index in [0.717, 1.165) is 4.47 Å². The third kappa shape index (κ3) is 4.88. The number of rotatable bonds is 8. The fourth-order valence-electron chi connectivity index (χ4n) is 3.81. The Kier molecular flexibility index (Phi) is 7.12. The highest BCUT2D eigenvalue weighted by atomic mass is 79.9. The molecule has 1 aliphatic heterocycles. The molecule has 0 fully saturated rings. The summed E-state index contributed by atoms with van der Waals surface area (Å²) in [5, 5.41) is 0. The third-order valence-corrected chi connectivity index (χ3v) is 6.03. The van der Waals surface area contributed by atoms with Gasteiger partial charge in [0, 0.05) is 21.7 Å². The van der Waals surface area contributed by atoms with E-state index in [1.54, 1.807) is 61.5 Å². The molecule has 0 saturated heterocycles. The monoisotopic (exact) mass is 538 g/mol. The van der Waals surface area contributed by atoms with Gasteiger partial charge in [-0.15, -0.1) is 0 Å². The Labute approximate surface area is 211 Å². The second-order valence-electron chi connectivity index (χ2n) is 7.70. The second kappa shape index (κ2) is 10.2. The van der Waals surface area contributed by atoms with Crippen molar-refractivity contribution in [3.8, 4) is 28.7 Å². The van der Waals surface area contributed by atoms with Crippen molar-refractivity contribution in [2.75, 3.05) is 27.9 Å². The number of methoxy groups -OCH3 is 3. The van der Waals surface area contributed by atoms with Gasteiger partial charge in [0.05, 0.1) is 26.9 Å². The fourth-order valence-corrected chi connectivity index (χ4v) is 4.07. The molecule has 0 radical (unpaired) electrons. The number of benzene rings is 3. The highest BCUT2D eigenvalue weighted by Gasteiger charge is 2.31. The van der Waals surface area contributed by atoms with Crippen LogP contribution in [0.3, 0.4) is 0 Å². The summed E-state index contributed by atoms with van der Waals surface area (Å²) in [6, 6.07) is 13.9. The number of hydrogen-bond donors (Lipinski definition) is 0. The number of carbonyl (C=O) groups is 2. The standard InChI is InChI=1S/C27H23BrO7/c1-15-11-19(34-14-20(29)16-5-8-18(28)9-6-16)13-22-24(15)25(30)23(35-22)12-17-7-10-21(31-2)27(33-4)26(17)32-3/h5-13H,14H2,1-4H3/b23-12-. The molecule has 3 aromatic carbocycles. The predicted octanol–water partition coefficient (Wildman–Crippen LogP) is 5.66. The van der Waals surface area contributed by atoms with Crippen molar-refractivity contribution in [3.63, 3.8) is 0 Å². The Hall–Kier alpha value is -3.78. The number of fused-ring (bicyclic) bond motifs is 1. The third-order valence-electron chi connectivity index (χ3n) is 5.50. The first-order valence-corrected chi connectivity index (χ1v) is 11.4. The second-order valence-corrected chi connectivity index (χ2v) is 8.61. The van der Waals surface area contributed by atoms with Crippen molar-refractivity contribution < 1.29 is 33.3 Å². The highest BCUT2D eigenvalue weighted by molar-refractivity contribution is 9.10. The van der Waals surface area contributed by atoms with E-state index in [4.69, 9.17) is 23.7 Å². The summed E-state index contributed by atoms with van der Waals surface area (Å²) in [6.07, 6.45) is 1.60. The van der Waals surface area contributed by atoms with Crippen molar-refractivity contribution in [2.24, 2.45) is 0 Å². The van der Waals surface area contributed by atoms with E-state index in [1.807, 2.05) is 0 Å². The summed E-state index contributed by atoms with van der Waals surface area (Å²) < 4.78 is 28.7. The fraction of sp³-hybridized carbons (Fsp3) is 0.185. The molecule has 4 rings (SSSR count). The van der Waals surface area contributed by atoms with Gasteiger partial charge in [0.25, 0.3) is 0 Å². The van der Waals surface area contributed by atoms with Gasteiger partial charge in [-0.05, 0) is 48.9 Å². The molecule has 1 aliphatic rings. The quantitative estimate of drug-likeness (QED) is 0.270. The van der Waals surface area contributed by atoms with Crippen molar-refractivity contribution in [1.29, 1.82) is 0 Å². The molecule has 8 heteroatoms. The maximum Gasteiger partial charge on any atom is 0.232 e. The molecule has 0 bridgehead atoms. The van der Waals surface area contributed by atoms with E-state index < -0.39 is 0 Å². The van der Waals surface area contributed by atoms with Gasteiger partial charge in [-0.2, -0.15) is 0 Å². The molecule has 0 amide bonds. The molecule has 7 nitrogen and oxygen atoms in total. The number of ketones is 2. The van der Waals surface area contributed by atoms with Crippen molar-refractivity contribution in [2.45, 2.75) is 6.92 Å². The summed E-state index contributed by atoms with van der Waals surface area (Å²) in [7, 11) is 4.55. The number of hydrogen-bond acceptors (Lipinski definition) is 7. The molecule has 1 heterocycles. The van der Waals surface area contributed by atoms with Crippen molar-refractivity contribution in [3.05, 3.63) is 81.0 Å². The van der Waals surface area contributed by atoms with E-state index in [0.29, 0.717) is 51.0 Å². The summed E-state index contributed by atoms with van der Waals surface area (Å²) in [5.74, 6) is 1.85. The molecule has 0 aliphatic carbocycles. The van der Waals surface area contributed by atoms with Crippen LogP contribution in [0.1, 0.15) is 31.8 Å². The first-order chi connectivity index (χ1) is 16.9. The summed E-state index contributed by atoms with van der Waals surface area (Å²) in [5.41, 5.74) is 2.27. The number of ether oxygens (including phenoxy) is 5. The van der Waals surface area contributed by atoms with Gasteiger partial charge in [-0.25, -0.2) is 0 Å². The molecule has 0 aromatic heterocycles. The maximum atomic E-state index is 13.1. The Balaban J connectivity index is 1.58. The summed E-state index contributed by atoms with van der Waals surface area (Å²) in [6.45, 7) is 1.66. The Morgan fingerprint density at radius 1 is 0.971 bits per heavy atom. The lowest BCUT2D eigenvalue weighted by atomic mass is 10.0. The van der Waals surface area contributed by atoms with Crippen LogP contribution in [-0.4, -0.2) is 39.5 Å². The zero-order chi connectivity index (χ0) is 25.1. The molecule has 180 valence electrons. The molecule has 0 saturated carbocycles. The Morgan fingerprint density at radius 2 is 1.69 bits per heavy atom. The summed E-state index contributed by atoms with van der Waals surface area (Å²) in [4.78, 5) is 25.5. The predicted molar refractivity (Wildman–Crippen MR) is 134 cm³/mol. The zero-order valence-electron chi connectivity index (χ0n) is 19.6. The molecule has 0 atom stereocenters. The lowest BCUT2D eigenvalue weighted by molar-refractivity contribution is 0.0920. The number of aryl methyl sites for hydroxylation is 1. The lowest BCUT2D eigenvalue weighted by Crippen LogP contribution is -2.11. The van der Waals surface area contributed by atoms with Crippen LogP contribution in [0.4, 0.5) is 0 Å². The number of carbonyl (C=O) groups excluding carboxylic acids is 2. The van der Waals surface area contributed by atoms with Crippen LogP contribution in [0.25, 0.3) is 6.08 Å². The summed E-state index contributed by atoms with van der Waals surface area (Å²) >= 11 is 3.35. The maximum absolute atomic E-state index is 13.1. The van der Waals surface area contributed by atoms with Crippen LogP contribution in [0.2, 0.25) is 0 Å². The smallest absolute Gasteiger partial charge is 0.232 e. The highest BCUT2D eigenvalue weighted by Crippen LogP contribution is 2.42. The number of halogens is 1. The van der Waals surface area contributed by atoms with Gasteiger partial charge in [0.2, 0.25) is 11.5 Å². The molecule has 0 spiro atoms.